The van der Waals surface area contributed by atoms with Crippen LogP contribution in [0, 0.1) is 0 Å². The van der Waals surface area contributed by atoms with E-state index in [9.17, 15) is 14.7 Å². The summed E-state index contributed by atoms with van der Waals surface area (Å²) < 4.78 is 12.0. The second-order valence-electron chi connectivity index (χ2n) is 11.1. The zero-order chi connectivity index (χ0) is 29.3. The first kappa shape index (κ1) is 31.2. The first-order chi connectivity index (χ1) is 19.0. The van der Waals surface area contributed by atoms with Crippen molar-refractivity contribution in [1.82, 2.24) is 10.2 Å². The molecule has 2 N–H and O–H groups in total. The summed E-state index contributed by atoms with van der Waals surface area (Å²) in [6, 6.07) is 27.9. The van der Waals surface area contributed by atoms with Crippen molar-refractivity contribution in [2.45, 2.75) is 57.5 Å². The molecular weight excluding hydrogens is 520 g/mol. The fraction of sp³-hybridized carbons (Fsp3) is 0.375. The van der Waals surface area contributed by atoms with Crippen LogP contribution in [0.15, 0.2) is 91.0 Å². The van der Waals surface area contributed by atoms with E-state index < -0.39 is 38.4 Å². The van der Waals surface area contributed by atoms with Crippen molar-refractivity contribution in [2.24, 2.45) is 0 Å². The van der Waals surface area contributed by atoms with Crippen LogP contribution in [0.3, 0.4) is 0 Å². The van der Waals surface area contributed by atoms with E-state index in [0.717, 1.165) is 15.9 Å². The lowest BCUT2D eigenvalue weighted by Gasteiger charge is -2.43. The highest BCUT2D eigenvalue weighted by Crippen LogP contribution is 2.36. The second-order valence-corrected chi connectivity index (χ2v) is 15.5. The van der Waals surface area contributed by atoms with Crippen molar-refractivity contribution in [3.05, 3.63) is 96.6 Å². The van der Waals surface area contributed by atoms with Crippen molar-refractivity contribution < 1.29 is 23.9 Å². The minimum absolute atomic E-state index is 0.0827. The highest BCUT2D eigenvalue weighted by atomic mass is 28.4. The third-order valence-corrected chi connectivity index (χ3v) is 12.2. The van der Waals surface area contributed by atoms with Gasteiger partial charge in [0.15, 0.2) is 0 Å². The maximum absolute atomic E-state index is 13.5. The highest BCUT2D eigenvalue weighted by molar-refractivity contribution is 6.99. The third kappa shape index (κ3) is 7.25. The minimum atomic E-state index is -2.96. The van der Waals surface area contributed by atoms with Gasteiger partial charge in [-0.2, -0.15) is 0 Å². The molecule has 0 saturated carbocycles. The molecule has 0 fully saturated rings. The Morgan fingerprint density at radius 2 is 1.38 bits per heavy atom. The molecule has 3 rings (SSSR count). The van der Waals surface area contributed by atoms with Gasteiger partial charge in [0, 0.05) is 6.54 Å². The number of likely N-dealkylation sites (N-methyl/N-ethyl adjacent to an activating group) is 1. The van der Waals surface area contributed by atoms with Gasteiger partial charge in [-0.05, 0) is 34.9 Å². The highest BCUT2D eigenvalue weighted by Gasteiger charge is 2.50. The normalized spacial score (nSPS) is 14.3. The predicted molar refractivity (Wildman–Crippen MR) is 161 cm³/mol. The largest absolute Gasteiger partial charge is 0.467 e. The van der Waals surface area contributed by atoms with Crippen LogP contribution < -0.4 is 15.7 Å². The van der Waals surface area contributed by atoms with Gasteiger partial charge in [-0.1, -0.05) is 112 Å². The Balaban J connectivity index is 1.92. The number of benzene rings is 3. The quantitative estimate of drug-likeness (QED) is 0.261. The van der Waals surface area contributed by atoms with Crippen LogP contribution in [0.4, 0.5) is 0 Å². The van der Waals surface area contributed by atoms with Gasteiger partial charge >= 0.3 is 5.97 Å². The van der Waals surface area contributed by atoms with E-state index in [1.807, 2.05) is 66.7 Å². The molecule has 214 valence electrons. The first-order valence-electron chi connectivity index (χ1n) is 13.6. The number of aliphatic hydroxyl groups is 1. The molecule has 0 unspecified atom stereocenters. The molecule has 0 saturated heterocycles. The molecule has 0 radical (unpaired) electrons. The molecule has 0 spiro atoms. The smallest absolute Gasteiger partial charge is 0.330 e. The van der Waals surface area contributed by atoms with E-state index in [4.69, 9.17) is 9.16 Å². The molecular formula is C32H42N2O5Si. The monoisotopic (exact) mass is 562 g/mol. The Kier molecular flexibility index (Phi) is 10.8. The van der Waals surface area contributed by atoms with E-state index in [-0.39, 0.29) is 11.6 Å². The molecule has 0 heterocycles. The zero-order valence-corrected chi connectivity index (χ0v) is 25.3. The fourth-order valence-electron chi connectivity index (χ4n) is 5.30. The van der Waals surface area contributed by atoms with Gasteiger partial charge in [0.2, 0.25) is 5.91 Å². The molecule has 0 aliphatic heterocycles. The lowest BCUT2D eigenvalue weighted by Crippen LogP contribution is -2.68. The summed E-state index contributed by atoms with van der Waals surface area (Å²) >= 11 is 0. The molecule has 8 heteroatoms. The van der Waals surface area contributed by atoms with Crippen molar-refractivity contribution >= 4 is 30.6 Å². The van der Waals surface area contributed by atoms with E-state index in [0.29, 0.717) is 6.54 Å². The van der Waals surface area contributed by atoms with Crippen LogP contribution in [0.1, 0.15) is 33.3 Å². The number of nitrogens with one attached hydrogen (secondary N) is 1. The van der Waals surface area contributed by atoms with Crippen LogP contribution in [0.5, 0.6) is 0 Å². The Labute approximate surface area is 239 Å². The maximum Gasteiger partial charge on any atom is 0.330 e. The number of ether oxygens (including phenoxy) is 1. The van der Waals surface area contributed by atoms with Crippen molar-refractivity contribution in [2.75, 3.05) is 20.8 Å². The molecule has 3 atom stereocenters. The Bertz CT molecular complexity index is 1180. The fourth-order valence-corrected chi connectivity index (χ4v) is 9.87. The average molecular weight is 563 g/mol. The Hall–Kier alpha value is -3.30. The maximum atomic E-state index is 13.5. The molecule has 3 aromatic carbocycles. The van der Waals surface area contributed by atoms with E-state index in [1.54, 1.807) is 18.9 Å². The van der Waals surface area contributed by atoms with Gasteiger partial charge in [-0.3, -0.25) is 9.69 Å². The van der Waals surface area contributed by atoms with Crippen LogP contribution in [-0.4, -0.2) is 69.2 Å². The number of carbonyl (C=O) groups excluding carboxylic acids is 2. The van der Waals surface area contributed by atoms with Gasteiger partial charge in [-0.15, -0.1) is 0 Å². The number of carbonyl (C=O) groups is 2. The van der Waals surface area contributed by atoms with Crippen LogP contribution in [0.2, 0.25) is 5.04 Å². The van der Waals surface area contributed by atoms with Crippen LogP contribution >= 0.6 is 0 Å². The van der Waals surface area contributed by atoms with E-state index in [1.165, 1.54) is 7.11 Å². The summed E-state index contributed by atoms with van der Waals surface area (Å²) in [5.41, 5.74) is 1.00. The van der Waals surface area contributed by atoms with Gasteiger partial charge in [0.25, 0.3) is 8.32 Å². The van der Waals surface area contributed by atoms with Crippen LogP contribution in [-0.2, 0) is 25.3 Å². The molecule has 7 nitrogen and oxygen atoms in total. The summed E-state index contributed by atoms with van der Waals surface area (Å²) in [5.74, 6) is -1.09. The summed E-state index contributed by atoms with van der Waals surface area (Å²) in [5, 5.41) is 15.2. The number of amides is 1. The topological polar surface area (TPSA) is 88.1 Å². The minimum Gasteiger partial charge on any atom is -0.467 e. The molecule has 0 aliphatic rings. The lowest BCUT2D eigenvalue weighted by atomic mass is 10.1. The van der Waals surface area contributed by atoms with Crippen molar-refractivity contribution in [3.63, 3.8) is 0 Å². The number of aliphatic hydroxyl groups excluding tert-OH is 1. The lowest BCUT2D eigenvalue weighted by molar-refractivity contribution is -0.147. The summed E-state index contributed by atoms with van der Waals surface area (Å²) in [6.07, 6.45) is -0.982. The van der Waals surface area contributed by atoms with Crippen molar-refractivity contribution in [1.29, 1.82) is 0 Å². The van der Waals surface area contributed by atoms with Crippen LogP contribution in [0.25, 0.3) is 0 Å². The Morgan fingerprint density at radius 1 is 0.900 bits per heavy atom. The number of hydrogen-bond acceptors (Lipinski definition) is 6. The molecule has 1 amide bonds. The van der Waals surface area contributed by atoms with Gasteiger partial charge < -0.3 is 19.6 Å². The van der Waals surface area contributed by atoms with Gasteiger partial charge in [-0.25, -0.2) is 4.79 Å². The van der Waals surface area contributed by atoms with Crippen molar-refractivity contribution in [3.8, 4) is 0 Å². The third-order valence-electron chi connectivity index (χ3n) is 7.16. The molecule has 0 aliphatic carbocycles. The van der Waals surface area contributed by atoms with E-state index >= 15 is 0 Å². The second kappa shape index (κ2) is 13.9. The molecule has 3 aromatic rings. The van der Waals surface area contributed by atoms with Gasteiger partial charge in [0.1, 0.15) is 12.1 Å². The number of nitrogens with zero attached hydrogens (tertiary/aromatic N) is 1. The Morgan fingerprint density at radius 3 is 1.80 bits per heavy atom. The number of rotatable bonds is 12. The summed E-state index contributed by atoms with van der Waals surface area (Å²) in [4.78, 5) is 28.3. The standard InChI is InChI=1S/C32H42N2O5Si/c1-24(35)29(34(5)22-25-16-10-7-11-17-25)30(36)33-28(31(37)38-6)23-39-40(32(2,3)4,26-18-12-8-13-19-26)27-20-14-9-15-21-27/h7-21,24,28-29,35H,22-23H2,1-6H3,(H,33,36)/t24-,28+,29+/m1/s1. The number of methoxy groups -OCH3 is 1. The van der Waals surface area contributed by atoms with Gasteiger partial charge in [0.05, 0.1) is 19.8 Å². The SMILES string of the molecule is COC(=O)[C@H](CO[Si](c1ccccc1)(c1ccccc1)C(C)(C)C)NC(=O)[C@H]([C@@H](C)O)N(C)Cc1ccccc1. The summed E-state index contributed by atoms with van der Waals surface area (Å²) in [6.45, 7) is 8.37. The molecule has 40 heavy (non-hydrogen) atoms. The summed E-state index contributed by atoms with van der Waals surface area (Å²) in [7, 11) is 0.101. The number of hydrogen-bond donors (Lipinski definition) is 2. The average Bonchev–Trinajstić information content (AvgIpc) is 2.93. The number of esters is 1. The van der Waals surface area contributed by atoms with E-state index in [2.05, 4.69) is 50.4 Å². The predicted octanol–water partition coefficient (Wildman–Crippen LogP) is 3.10. The zero-order valence-electron chi connectivity index (χ0n) is 24.3. The molecule has 0 aromatic heterocycles. The first-order valence-corrected chi connectivity index (χ1v) is 15.5. The molecule has 0 bridgehead atoms.